The molecule has 2 heterocycles. The maximum Gasteiger partial charge on any atom is 0.244 e. The van der Waals surface area contributed by atoms with Gasteiger partial charge in [-0.15, -0.1) is 11.3 Å². The molecule has 2 rings (SSSR count). The van der Waals surface area contributed by atoms with Crippen LogP contribution in [0.25, 0.3) is 0 Å². The topological polar surface area (TPSA) is 46.6 Å². The number of ether oxygens (including phenoxy) is 1. The second kappa shape index (κ2) is 4.86. The van der Waals surface area contributed by atoms with E-state index in [1.807, 2.05) is 20.8 Å². The lowest BCUT2D eigenvalue weighted by Gasteiger charge is -2.40. The summed E-state index contributed by atoms with van der Waals surface area (Å²) in [4.78, 5) is 1.21. The van der Waals surface area contributed by atoms with Crippen molar-refractivity contribution in [1.82, 2.24) is 4.31 Å². The van der Waals surface area contributed by atoms with Crippen LogP contribution < -0.4 is 0 Å². The molecule has 0 radical (unpaired) electrons. The lowest BCUT2D eigenvalue weighted by molar-refractivity contribution is -0.00771. The summed E-state index contributed by atoms with van der Waals surface area (Å²) in [5, 5.41) is 0. The number of halogens is 1. The summed E-state index contributed by atoms with van der Waals surface area (Å²) < 4.78 is 33.1. The summed E-state index contributed by atoms with van der Waals surface area (Å²) in [6, 6.07) is 1.68. The summed E-state index contributed by atoms with van der Waals surface area (Å²) in [6.07, 6.45) is 0. The number of rotatable bonds is 2. The van der Waals surface area contributed by atoms with Gasteiger partial charge in [0.25, 0.3) is 0 Å². The maximum absolute atomic E-state index is 12.7. The molecule has 7 heteroatoms. The molecule has 0 bridgehead atoms. The Morgan fingerprint density at radius 2 is 2.17 bits per heavy atom. The van der Waals surface area contributed by atoms with Crippen molar-refractivity contribution in [3.63, 3.8) is 0 Å². The van der Waals surface area contributed by atoms with Gasteiger partial charge in [-0.25, -0.2) is 8.42 Å². The van der Waals surface area contributed by atoms with Gasteiger partial charge in [-0.05, 0) is 42.8 Å². The van der Waals surface area contributed by atoms with E-state index in [2.05, 4.69) is 15.9 Å². The fourth-order valence-electron chi connectivity index (χ4n) is 2.10. The van der Waals surface area contributed by atoms with Crippen molar-refractivity contribution in [2.45, 2.75) is 31.2 Å². The van der Waals surface area contributed by atoms with E-state index < -0.39 is 15.6 Å². The van der Waals surface area contributed by atoms with E-state index in [1.165, 1.54) is 11.3 Å². The highest BCUT2D eigenvalue weighted by atomic mass is 79.9. The van der Waals surface area contributed by atoms with E-state index in [-0.39, 0.29) is 0 Å². The quantitative estimate of drug-likeness (QED) is 0.820. The van der Waals surface area contributed by atoms with Crippen LogP contribution in [0, 0.1) is 6.92 Å². The molecule has 0 aliphatic carbocycles. The van der Waals surface area contributed by atoms with Gasteiger partial charge >= 0.3 is 0 Å². The first-order valence-electron chi connectivity index (χ1n) is 5.62. The minimum Gasteiger partial charge on any atom is -0.378 e. The molecular weight excluding hydrogens is 338 g/mol. The molecule has 1 fully saturated rings. The van der Waals surface area contributed by atoms with Gasteiger partial charge in [-0.2, -0.15) is 4.31 Å². The third kappa shape index (κ3) is 2.51. The third-order valence-electron chi connectivity index (χ3n) is 2.98. The van der Waals surface area contributed by atoms with Crippen LogP contribution >= 0.6 is 27.3 Å². The summed E-state index contributed by atoms with van der Waals surface area (Å²) in [6.45, 7) is 6.89. The summed E-state index contributed by atoms with van der Waals surface area (Å²) in [5.74, 6) is 0. The Kier molecular flexibility index (Phi) is 3.91. The minimum atomic E-state index is -3.45. The first-order valence-corrected chi connectivity index (χ1v) is 8.66. The zero-order chi connectivity index (χ0) is 13.6. The SMILES string of the molecule is Cc1sc(Br)cc1S(=O)(=O)N1CCOCC1(C)C. The highest BCUT2D eigenvalue weighted by Crippen LogP contribution is 2.34. The molecule has 0 N–H and O–H groups in total. The highest BCUT2D eigenvalue weighted by molar-refractivity contribution is 9.11. The molecule has 18 heavy (non-hydrogen) atoms. The maximum atomic E-state index is 12.7. The zero-order valence-electron chi connectivity index (χ0n) is 10.6. The van der Waals surface area contributed by atoms with Crippen molar-refractivity contribution < 1.29 is 13.2 Å². The lowest BCUT2D eigenvalue weighted by Crippen LogP contribution is -2.55. The Morgan fingerprint density at radius 3 is 2.67 bits per heavy atom. The average Bonchev–Trinajstić information content (AvgIpc) is 2.57. The molecule has 1 aromatic rings. The Balaban J connectivity index is 2.45. The van der Waals surface area contributed by atoms with Crippen LogP contribution in [0.15, 0.2) is 14.7 Å². The van der Waals surface area contributed by atoms with Gasteiger partial charge in [-0.3, -0.25) is 0 Å². The molecule has 0 spiro atoms. The normalized spacial score (nSPS) is 21.1. The molecular formula is C11H16BrNO3S2. The fourth-order valence-corrected chi connectivity index (χ4v) is 6.23. The average molecular weight is 354 g/mol. The van der Waals surface area contributed by atoms with Crippen molar-refractivity contribution in [3.05, 3.63) is 14.7 Å². The van der Waals surface area contributed by atoms with Crippen LogP contribution in [0.5, 0.6) is 0 Å². The van der Waals surface area contributed by atoms with Crippen LogP contribution in [-0.4, -0.2) is 38.0 Å². The molecule has 0 amide bonds. The monoisotopic (exact) mass is 353 g/mol. The molecule has 1 aromatic heterocycles. The molecule has 1 saturated heterocycles. The Bertz CT molecular complexity index is 551. The zero-order valence-corrected chi connectivity index (χ0v) is 13.8. The van der Waals surface area contributed by atoms with Crippen molar-refractivity contribution >= 4 is 37.3 Å². The van der Waals surface area contributed by atoms with Gasteiger partial charge in [0.1, 0.15) is 0 Å². The van der Waals surface area contributed by atoms with Gasteiger partial charge in [0.15, 0.2) is 0 Å². The number of aryl methyl sites for hydroxylation is 1. The standard InChI is InChI=1S/C11H16BrNO3S2/c1-8-9(6-10(12)17-8)18(14,15)13-4-5-16-7-11(13,2)3/h6H,4-5,7H2,1-3H3. The lowest BCUT2D eigenvalue weighted by atomic mass is 10.1. The van der Waals surface area contributed by atoms with Gasteiger partial charge in [0.05, 0.1) is 27.4 Å². The highest BCUT2D eigenvalue weighted by Gasteiger charge is 2.40. The van der Waals surface area contributed by atoms with Crippen LogP contribution in [0.1, 0.15) is 18.7 Å². The second-order valence-corrected chi connectivity index (χ2v) is 9.38. The van der Waals surface area contributed by atoms with E-state index in [4.69, 9.17) is 4.74 Å². The smallest absolute Gasteiger partial charge is 0.244 e. The van der Waals surface area contributed by atoms with Gasteiger partial charge in [0.2, 0.25) is 10.0 Å². The van der Waals surface area contributed by atoms with Gasteiger partial charge in [-0.1, -0.05) is 0 Å². The van der Waals surface area contributed by atoms with Crippen molar-refractivity contribution in [2.75, 3.05) is 19.8 Å². The van der Waals surface area contributed by atoms with E-state index >= 15 is 0 Å². The van der Waals surface area contributed by atoms with Crippen molar-refractivity contribution in [2.24, 2.45) is 0 Å². The van der Waals surface area contributed by atoms with Crippen molar-refractivity contribution in [1.29, 1.82) is 0 Å². The van der Waals surface area contributed by atoms with Crippen LogP contribution in [0.4, 0.5) is 0 Å². The molecule has 1 aliphatic rings. The Labute approximate surface area is 120 Å². The molecule has 0 saturated carbocycles. The fraction of sp³-hybridized carbons (Fsp3) is 0.636. The number of hydrogen-bond donors (Lipinski definition) is 0. The summed E-state index contributed by atoms with van der Waals surface area (Å²) in [7, 11) is -3.45. The summed E-state index contributed by atoms with van der Waals surface area (Å²) in [5.41, 5.74) is -0.502. The molecule has 1 aliphatic heterocycles. The number of thiophene rings is 1. The predicted octanol–water partition coefficient (Wildman–Crippen LogP) is 2.62. The minimum absolute atomic E-state index is 0.398. The Hall–Kier alpha value is 0.0500. The molecule has 0 unspecified atom stereocenters. The number of nitrogens with zero attached hydrogens (tertiary/aromatic N) is 1. The molecule has 0 aromatic carbocycles. The van der Waals surface area contributed by atoms with Gasteiger partial charge < -0.3 is 4.74 Å². The third-order valence-corrected chi connectivity index (χ3v) is 6.90. The first kappa shape index (κ1) is 14.5. The molecule has 0 atom stereocenters. The second-order valence-electron chi connectivity index (χ2n) is 4.91. The van der Waals surface area contributed by atoms with Crippen molar-refractivity contribution in [3.8, 4) is 0 Å². The van der Waals surface area contributed by atoms with Crippen LogP contribution in [0.3, 0.4) is 0 Å². The van der Waals surface area contributed by atoms with E-state index in [9.17, 15) is 8.42 Å². The van der Waals surface area contributed by atoms with E-state index in [1.54, 1.807) is 10.4 Å². The molecule has 4 nitrogen and oxygen atoms in total. The largest absolute Gasteiger partial charge is 0.378 e. The first-order chi connectivity index (χ1) is 8.25. The van der Waals surface area contributed by atoms with Crippen LogP contribution in [0.2, 0.25) is 0 Å². The number of morpholine rings is 1. The summed E-state index contributed by atoms with van der Waals surface area (Å²) >= 11 is 4.78. The van der Waals surface area contributed by atoms with E-state index in [0.717, 1.165) is 8.66 Å². The predicted molar refractivity (Wildman–Crippen MR) is 75.5 cm³/mol. The van der Waals surface area contributed by atoms with E-state index in [0.29, 0.717) is 24.7 Å². The number of hydrogen-bond acceptors (Lipinski definition) is 4. The number of sulfonamides is 1. The van der Waals surface area contributed by atoms with Gasteiger partial charge in [0, 0.05) is 11.4 Å². The molecule has 102 valence electrons. The Morgan fingerprint density at radius 1 is 1.50 bits per heavy atom. The van der Waals surface area contributed by atoms with Crippen LogP contribution in [-0.2, 0) is 14.8 Å².